The number of aromatic nitrogens is 2. The third kappa shape index (κ3) is 3.32. The second-order valence-electron chi connectivity index (χ2n) is 4.46. The Balaban J connectivity index is 1.99. The molecular formula is C14H19N3O2. The van der Waals surface area contributed by atoms with Gasteiger partial charge in [0.1, 0.15) is 6.54 Å². The molecule has 1 heterocycles. The first-order valence-corrected chi connectivity index (χ1v) is 6.40. The van der Waals surface area contributed by atoms with E-state index >= 15 is 0 Å². The second-order valence-corrected chi connectivity index (χ2v) is 4.46. The van der Waals surface area contributed by atoms with Crippen molar-refractivity contribution in [3.05, 3.63) is 30.0 Å². The van der Waals surface area contributed by atoms with Crippen LogP contribution in [0.5, 0.6) is 0 Å². The van der Waals surface area contributed by atoms with Gasteiger partial charge in [-0.25, -0.2) is 0 Å². The van der Waals surface area contributed by atoms with Crippen molar-refractivity contribution in [1.29, 1.82) is 0 Å². The van der Waals surface area contributed by atoms with Crippen LogP contribution in [0.4, 0.5) is 0 Å². The van der Waals surface area contributed by atoms with E-state index in [9.17, 15) is 4.79 Å². The Bertz CT molecular complexity index is 563. The van der Waals surface area contributed by atoms with Crippen LogP contribution >= 0.6 is 0 Å². The van der Waals surface area contributed by atoms with Crippen LogP contribution in [0.3, 0.4) is 0 Å². The Morgan fingerprint density at radius 2 is 2.21 bits per heavy atom. The van der Waals surface area contributed by atoms with Crippen molar-refractivity contribution >= 4 is 16.8 Å². The van der Waals surface area contributed by atoms with Gasteiger partial charge in [-0.2, -0.15) is 5.10 Å². The molecule has 1 aromatic carbocycles. The molecule has 0 unspecified atom stereocenters. The van der Waals surface area contributed by atoms with Crippen molar-refractivity contribution in [3.8, 4) is 0 Å². The molecule has 0 aliphatic carbocycles. The summed E-state index contributed by atoms with van der Waals surface area (Å²) >= 11 is 0. The maximum Gasteiger partial charge on any atom is 0.241 e. The first-order chi connectivity index (χ1) is 9.22. The van der Waals surface area contributed by atoms with Crippen molar-refractivity contribution in [2.75, 3.05) is 20.3 Å². The molecule has 1 amide bonds. The molecule has 0 atom stereocenters. The smallest absolute Gasteiger partial charge is 0.241 e. The molecule has 0 saturated heterocycles. The monoisotopic (exact) mass is 261 g/mol. The Morgan fingerprint density at radius 1 is 1.42 bits per heavy atom. The Kier molecular flexibility index (Phi) is 4.52. The molecule has 19 heavy (non-hydrogen) atoms. The summed E-state index contributed by atoms with van der Waals surface area (Å²) in [5.41, 5.74) is 1.94. The van der Waals surface area contributed by atoms with Gasteiger partial charge >= 0.3 is 0 Å². The molecule has 0 aliphatic rings. The minimum atomic E-state index is -0.0237. The highest BCUT2D eigenvalue weighted by molar-refractivity contribution is 5.84. The number of fused-ring (bicyclic) bond motifs is 1. The largest absolute Gasteiger partial charge is 0.385 e. The number of nitrogens with one attached hydrogen (secondary N) is 1. The Morgan fingerprint density at radius 3 is 3.00 bits per heavy atom. The third-order valence-corrected chi connectivity index (χ3v) is 2.98. The zero-order chi connectivity index (χ0) is 13.7. The molecule has 2 rings (SSSR count). The van der Waals surface area contributed by atoms with Gasteiger partial charge in [-0.15, -0.1) is 0 Å². The molecule has 0 aliphatic heterocycles. The molecule has 0 saturated carbocycles. The topological polar surface area (TPSA) is 56.1 Å². The summed E-state index contributed by atoms with van der Waals surface area (Å²) in [7, 11) is 1.65. The molecule has 102 valence electrons. The molecule has 1 aromatic heterocycles. The molecule has 5 heteroatoms. The third-order valence-electron chi connectivity index (χ3n) is 2.98. The minimum absolute atomic E-state index is 0.0237. The first-order valence-electron chi connectivity index (χ1n) is 6.40. The molecular weight excluding hydrogens is 242 g/mol. The van der Waals surface area contributed by atoms with Crippen molar-refractivity contribution in [1.82, 2.24) is 15.1 Å². The number of nitrogens with zero attached hydrogens (tertiary/aromatic N) is 2. The predicted octanol–water partition coefficient (Wildman–Crippen LogP) is 1.50. The van der Waals surface area contributed by atoms with Crippen molar-refractivity contribution in [3.63, 3.8) is 0 Å². The van der Waals surface area contributed by atoms with Crippen LogP contribution in [0.25, 0.3) is 10.9 Å². The number of amides is 1. The van der Waals surface area contributed by atoms with E-state index in [0.717, 1.165) is 23.0 Å². The highest BCUT2D eigenvalue weighted by Crippen LogP contribution is 2.16. The number of aryl methyl sites for hydroxylation is 1. The second kappa shape index (κ2) is 6.33. The molecule has 1 N–H and O–H groups in total. The van der Waals surface area contributed by atoms with E-state index in [1.165, 1.54) is 0 Å². The van der Waals surface area contributed by atoms with Gasteiger partial charge in [0.15, 0.2) is 0 Å². The van der Waals surface area contributed by atoms with Crippen LogP contribution in [0, 0.1) is 6.92 Å². The number of carbonyl (C=O) groups is 1. The fraction of sp³-hybridized carbons (Fsp3) is 0.429. The minimum Gasteiger partial charge on any atom is -0.385 e. The predicted molar refractivity (Wildman–Crippen MR) is 74.0 cm³/mol. The SMILES string of the molecule is COCCCNC(=O)Cn1nc(C)c2ccccc21. The normalized spacial score (nSPS) is 10.8. The summed E-state index contributed by atoms with van der Waals surface area (Å²) in [5, 5.41) is 8.36. The lowest BCUT2D eigenvalue weighted by atomic mass is 10.2. The van der Waals surface area contributed by atoms with Gasteiger partial charge in [0, 0.05) is 25.6 Å². The van der Waals surface area contributed by atoms with Gasteiger partial charge in [-0.05, 0) is 19.4 Å². The van der Waals surface area contributed by atoms with Gasteiger partial charge in [0.25, 0.3) is 0 Å². The van der Waals surface area contributed by atoms with Crippen LogP contribution in [0.2, 0.25) is 0 Å². The van der Waals surface area contributed by atoms with E-state index in [4.69, 9.17) is 4.74 Å². The molecule has 0 spiro atoms. The maximum absolute atomic E-state index is 11.8. The lowest BCUT2D eigenvalue weighted by molar-refractivity contribution is -0.121. The zero-order valence-electron chi connectivity index (χ0n) is 11.3. The Hall–Kier alpha value is -1.88. The fourth-order valence-corrected chi connectivity index (χ4v) is 2.05. The van der Waals surface area contributed by atoms with Gasteiger partial charge < -0.3 is 10.1 Å². The van der Waals surface area contributed by atoms with Crippen LogP contribution < -0.4 is 5.32 Å². The summed E-state index contributed by atoms with van der Waals surface area (Å²) in [6.07, 6.45) is 0.821. The van der Waals surface area contributed by atoms with Crippen LogP contribution in [0.1, 0.15) is 12.1 Å². The maximum atomic E-state index is 11.8. The number of hydrogen-bond donors (Lipinski definition) is 1. The van der Waals surface area contributed by atoms with Gasteiger partial charge in [-0.1, -0.05) is 18.2 Å². The standard InChI is InChI=1S/C14H19N3O2/c1-11-12-6-3-4-7-13(12)17(16-11)10-14(18)15-8-5-9-19-2/h3-4,6-7H,5,8-10H2,1-2H3,(H,15,18). The summed E-state index contributed by atoms with van der Waals surface area (Å²) in [4.78, 5) is 11.8. The van der Waals surface area contributed by atoms with E-state index < -0.39 is 0 Å². The quantitative estimate of drug-likeness (QED) is 0.802. The van der Waals surface area contributed by atoms with Crippen molar-refractivity contribution in [2.24, 2.45) is 0 Å². The van der Waals surface area contributed by atoms with E-state index in [1.54, 1.807) is 11.8 Å². The number of hydrogen-bond acceptors (Lipinski definition) is 3. The molecule has 0 bridgehead atoms. The van der Waals surface area contributed by atoms with Crippen LogP contribution in [-0.2, 0) is 16.1 Å². The van der Waals surface area contributed by atoms with Gasteiger partial charge in [0.05, 0.1) is 11.2 Å². The highest BCUT2D eigenvalue weighted by atomic mass is 16.5. The fourth-order valence-electron chi connectivity index (χ4n) is 2.05. The number of rotatable bonds is 6. The van der Waals surface area contributed by atoms with E-state index in [2.05, 4.69) is 10.4 Å². The molecule has 0 radical (unpaired) electrons. The zero-order valence-corrected chi connectivity index (χ0v) is 11.3. The van der Waals surface area contributed by atoms with E-state index in [-0.39, 0.29) is 12.5 Å². The first kappa shape index (κ1) is 13.5. The summed E-state index contributed by atoms with van der Waals surface area (Å²) in [6.45, 7) is 3.49. The van der Waals surface area contributed by atoms with E-state index in [1.807, 2.05) is 31.2 Å². The average Bonchev–Trinajstić information content (AvgIpc) is 2.72. The Labute approximate surface area is 112 Å². The van der Waals surface area contributed by atoms with Gasteiger partial charge in [0.2, 0.25) is 5.91 Å². The lowest BCUT2D eigenvalue weighted by Crippen LogP contribution is -2.29. The van der Waals surface area contributed by atoms with Crippen LogP contribution in [-0.4, -0.2) is 35.9 Å². The molecule has 2 aromatic rings. The van der Waals surface area contributed by atoms with Crippen LogP contribution in [0.15, 0.2) is 24.3 Å². The molecule has 0 fully saturated rings. The highest BCUT2D eigenvalue weighted by Gasteiger charge is 2.09. The van der Waals surface area contributed by atoms with Gasteiger partial charge in [-0.3, -0.25) is 9.48 Å². The summed E-state index contributed by atoms with van der Waals surface area (Å²) in [6, 6.07) is 7.93. The number of carbonyl (C=O) groups excluding carboxylic acids is 1. The van der Waals surface area contributed by atoms with E-state index in [0.29, 0.717) is 13.2 Å². The molecule has 5 nitrogen and oxygen atoms in total. The lowest BCUT2D eigenvalue weighted by Gasteiger charge is -2.05. The number of para-hydroxylation sites is 1. The number of ether oxygens (including phenoxy) is 1. The average molecular weight is 261 g/mol. The number of methoxy groups -OCH3 is 1. The summed E-state index contributed by atoms with van der Waals surface area (Å²) < 4.78 is 6.68. The number of benzene rings is 1. The summed E-state index contributed by atoms with van der Waals surface area (Å²) in [5.74, 6) is -0.0237. The van der Waals surface area contributed by atoms with Crippen molar-refractivity contribution in [2.45, 2.75) is 19.9 Å². The van der Waals surface area contributed by atoms with Crippen molar-refractivity contribution < 1.29 is 9.53 Å².